The minimum atomic E-state index is 0.00925. The number of rotatable bonds is 11. The number of hydrogen-bond donors (Lipinski definition) is 1. The molecule has 1 aromatic rings. The molecule has 2 nitrogen and oxygen atoms in total. The van der Waals surface area contributed by atoms with Gasteiger partial charge in [-0.15, -0.1) is 0 Å². The van der Waals surface area contributed by atoms with Gasteiger partial charge in [0.15, 0.2) is 5.60 Å². The fourth-order valence-electron chi connectivity index (χ4n) is 5.02. The van der Waals surface area contributed by atoms with Crippen molar-refractivity contribution in [1.82, 2.24) is 0 Å². The maximum atomic E-state index is 10.4. The van der Waals surface area contributed by atoms with Gasteiger partial charge in [-0.25, -0.2) is 0 Å². The highest BCUT2D eigenvalue weighted by Gasteiger charge is 2.38. The molecule has 1 aliphatic rings. The molecule has 1 aliphatic heterocycles. The van der Waals surface area contributed by atoms with E-state index in [0.717, 1.165) is 60.0 Å². The third-order valence-electron chi connectivity index (χ3n) is 7.58. The lowest BCUT2D eigenvalue weighted by molar-refractivity contribution is -0.119. The van der Waals surface area contributed by atoms with Crippen LogP contribution in [0, 0.1) is 32.6 Å². The molecule has 176 valence electrons. The number of allylic oxidation sites excluding steroid dienone is 2. The predicted molar refractivity (Wildman–Crippen MR) is 135 cm³/mol. The first kappa shape index (κ1) is 25.8. The van der Waals surface area contributed by atoms with Crippen LogP contribution in [0.5, 0.6) is 11.5 Å². The Labute approximate surface area is 192 Å². The van der Waals surface area contributed by atoms with Crippen molar-refractivity contribution in [1.29, 1.82) is 0 Å². The lowest BCUT2D eigenvalue weighted by atomic mass is 9.85. The van der Waals surface area contributed by atoms with Gasteiger partial charge in [0.25, 0.3) is 5.75 Å². The molecule has 1 aromatic carbocycles. The average molecular weight is 430 g/mol. The zero-order valence-corrected chi connectivity index (χ0v) is 21.7. The maximum Gasteiger partial charge on any atom is 0.261 e. The van der Waals surface area contributed by atoms with Crippen LogP contribution in [0.4, 0.5) is 0 Å². The van der Waals surface area contributed by atoms with E-state index < -0.39 is 0 Å². The summed E-state index contributed by atoms with van der Waals surface area (Å²) in [6.07, 6.45) is 14.8. The average Bonchev–Trinajstić information content (AvgIpc) is 2.70. The standard InChI is InChI=1S/C29H48O2/c1-20(2)12-9-13-21(3)14-10-15-22(4)16-11-18-29(8)19-17-26-25(7)27(30)23(5)24(6)28(26)31-29/h16,20-21,30H,9-15,17-19H2,1-8H3/p+1/b22-16+. The summed E-state index contributed by atoms with van der Waals surface area (Å²) < 4.78 is 5.22. The fraction of sp³-hybridized carbons (Fsp3) is 0.724. The molecule has 0 bridgehead atoms. The van der Waals surface area contributed by atoms with E-state index in [1.807, 2.05) is 13.8 Å². The Morgan fingerprint density at radius 1 is 1.03 bits per heavy atom. The molecule has 31 heavy (non-hydrogen) atoms. The lowest BCUT2D eigenvalue weighted by Crippen LogP contribution is -2.34. The second-order valence-corrected chi connectivity index (χ2v) is 11.1. The molecule has 2 heteroatoms. The van der Waals surface area contributed by atoms with Crippen LogP contribution >= 0.6 is 0 Å². The Morgan fingerprint density at radius 3 is 2.39 bits per heavy atom. The van der Waals surface area contributed by atoms with Gasteiger partial charge in [0.05, 0.1) is 11.1 Å². The van der Waals surface area contributed by atoms with Crippen LogP contribution in [0.1, 0.15) is 115 Å². The van der Waals surface area contributed by atoms with Gasteiger partial charge < -0.3 is 9.84 Å². The second-order valence-electron chi connectivity index (χ2n) is 11.1. The molecule has 0 amide bonds. The van der Waals surface area contributed by atoms with Crippen LogP contribution in [0.2, 0.25) is 0 Å². The van der Waals surface area contributed by atoms with Gasteiger partial charge in [-0.1, -0.05) is 58.1 Å². The van der Waals surface area contributed by atoms with E-state index in [9.17, 15) is 5.11 Å². The Morgan fingerprint density at radius 2 is 1.71 bits per heavy atom. The van der Waals surface area contributed by atoms with Crippen LogP contribution in [-0.4, -0.2) is 15.4 Å². The maximum absolute atomic E-state index is 10.4. The zero-order valence-electron chi connectivity index (χ0n) is 21.7. The summed E-state index contributed by atoms with van der Waals surface area (Å²) in [6.45, 7) is 17.9. The molecule has 0 fully saturated rings. The molecular formula is C29H49O2+. The smallest absolute Gasteiger partial charge is 0.261 e. The minimum Gasteiger partial charge on any atom is -0.578 e. The van der Waals surface area contributed by atoms with E-state index in [2.05, 4.69) is 47.6 Å². The van der Waals surface area contributed by atoms with Gasteiger partial charge in [0, 0.05) is 30.9 Å². The molecule has 0 saturated carbocycles. The summed E-state index contributed by atoms with van der Waals surface area (Å²) >= 11 is 0. The summed E-state index contributed by atoms with van der Waals surface area (Å²) in [4.78, 5) is 0. The highest BCUT2D eigenvalue weighted by Crippen LogP contribution is 2.45. The van der Waals surface area contributed by atoms with Crippen molar-refractivity contribution in [2.75, 3.05) is 0 Å². The summed E-state index contributed by atoms with van der Waals surface area (Å²) in [6, 6.07) is 0. The van der Waals surface area contributed by atoms with Crippen molar-refractivity contribution in [3.8, 4) is 11.5 Å². The van der Waals surface area contributed by atoms with E-state index >= 15 is 0 Å². The first-order valence-corrected chi connectivity index (χ1v) is 12.7. The number of benzene rings is 1. The van der Waals surface area contributed by atoms with Crippen molar-refractivity contribution < 1.29 is 9.84 Å². The molecular weight excluding hydrogens is 380 g/mol. The molecule has 2 rings (SSSR count). The van der Waals surface area contributed by atoms with Crippen molar-refractivity contribution in [2.45, 2.75) is 125 Å². The molecule has 2 N–H and O–H groups in total. The van der Waals surface area contributed by atoms with Gasteiger partial charge in [-0.05, 0) is 65.2 Å². The first-order valence-electron chi connectivity index (χ1n) is 12.7. The number of aromatic hydroxyl groups is 2. The Bertz CT molecular complexity index is 759. The van der Waals surface area contributed by atoms with Crippen LogP contribution in [0.15, 0.2) is 11.6 Å². The lowest BCUT2D eigenvalue weighted by Gasteiger charge is -2.35. The number of phenolic OH excluding ortho intramolecular Hbond substituents is 1. The van der Waals surface area contributed by atoms with Gasteiger partial charge in [0.2, 0.25) is 0 Å². The van der Waals surface area contributed by atoms with Crippen LogP contribution in [0.3, 0.4) is 0 Å². The van der Waals surface area contributed by atoms with E-state index in [1.54, 1.807) is 5.57 Å². The molecule has 0 saturated heterocycles. The van der Waals surface area contributed by atoms with Crippen molar-refractivity contribution in [3.05, 3.63) is 33.9 Å². The van der Waals surface area contributed by atoms with Crippen LogP contribution in [0.25, 0.3) is 0 Å². The Kier molecular flexibility index (Phi) is 9.52. The van der Waals surface area contributed by atoms with Crippen molar-refractivity contribution in [3.63, 3.8) is 0 Å². The van der Waals surface area contributed by atoms with Gasteiger partial charge in [0.1, 0.15) is 5.75 Å². The molecule has 0 aliphatic carbocycles. The van der Waals surface area contributed by atoms with Gasteiger partial charge in [-0.3, -0.25) is 0 Å². The Balaban J connectivity index is 1.81. The molecule has 2 unspecified atom stereocenters. The number of hydrogen-bond acceptors (Lipinski definition) is 1. The fourth-order valence-corrected chi connectivity index (χ4v) is 5.02. The molecule has 1 heterocycles. The minimum absolute atomic E-state index is 0.00925. The molecule has 0 radical (unpaired) electrons. The zero-order chi connectivity index (χ0) is 23.2. The number of aliphatic hydroxyl groups is 1. The van der Waals surface area contributed by atoms with Crippen molar-refractivity contribution in [2.24, 2.45) is 11.8 Å². The normalized spacial score (nSPS) is 20.0. The van der Waals surface area contributed by atoms with E-state index in [4.69, 9.17) is 4.74 Å². The third-order valence-corrected chi connectivity index (χ3v) is 7.58. The Hall–Kier alpha value is -1.44. The predicted octanol–water partition coefficient (Wildman–Crippen LogP) is 8.62. The third kappa shape index (κ3) is 7.29. The van der Waals surface area contributed by atoms with Crippen LogP contribution in [-0.2, 0) is 6.42 Å². The summed E-state index contributed by atoms with van der Waals surface area (Å²) in [5, 5.41) is 10.4. The SMILES string of the molecule is C/C(=C\CCC1(C)CCc2c(C)c(O)c(C)c(C)c2[OH+]1)CCCC(C)CCCC(C)C. The summed E-state index contributed by atoms with van der Waals surface area (Å²) in [5.74, 6) is 3.31. The quantitative estimate of drug-likeness (QED) is 0.213. The molecule has 0 spiro atoms. The summed E-state index contributed by atoms with van der Waals surface area (Å²) in [7, 11) is 0. The second kappa shape index (κ2) is 11.4. The van der Waals surface area contributed by atoms with Gasteiger partial charge >= 0.3 is 0 Å². The molecule has 2 atom stereocenters. The van der Waals surface area contributed by atoms with Crippen LogP contribution < -0.4 is 0 Å². The number of fused-ring (bicyclic) bond motifs is 1. The van der Waals surface area contributed by atoms with E-state index in [-0.39, 0.29) is 5.60 Å². The number of ether oxygens (including phenoxy) is 1. The van der Waals surface area contributed by atoms with E-state index in [0.29, 0.717) is 5.75 Å². The monoisotopic (exact) mass is 429 g/mol. The van der Waals surface area contributed by atoms with Crippen molar-refractivity contribution >= 4 is 0 Å². The summed E-state index contributed by atoms with van der Waals surface area (Å²) in [5.41, 5.74) is 5.97. The topological polar surface area (TPSA) is 33.0 Å². The number of phenols is 1. The highest BCUT2D eigenvalue weighted by atomic mass is 16.5. The highest BCUT2D eigenvalue weighted by molar-refractivity contribution is 5.57. The molecule has 0 aromatic heterocycles. The first-order chi connectivity index (χ1) is 14.5. The van der Waals surface area contributed by atoms with E-state index in [1.165, 1.54) is 44.1 Å². The largest absolute Gasteiger partial charge is 0.578 e. The van der Waals surface area contributed by atoms with Gasteiger partial charge in [-0.2, -0.15) is 0 Å².